The van der Waals surface area contributed by atoms with E-state index < -0.39 is 5.97 Å². The van der Waals surface area contributed by atoms with E-state index in [2.05, 4.69) is 5.10 Å². The minimum absolute atomic E-state index is 0.234. The first kappa shape index (κ1) is 22.0. The lowest BCUT2D eigenvalue weighted by Crippen LogP contribution is -2.09. The fourth-order valence-corrected chi connectivity index (χ4v) is 3.25. The summed E-state index contributed by atoms with van der Waals surface area (Å²) in [6.45, 7) is 2.25. The third-order valence-electron chi connectivity index (χ3n) is 4.79. The van der Waals surface area contributed by atoms with Crippen molar-refractivity contribution in [2.75, 3.05) is 21.3 Å². The van der Waals surface area contributed by atoms with Gasteiger partial charge >= 0.3 is 5.97 Å². The topological polar surface area (TPSA) is 71.8 Å². The lowest BCUT2D eigenvalue weighted by Gasteiger charge is -2.12. The third kappa shape index (κ3) is 4.88. The molecule has 0 saturated carbocycles. The maximum atomic E-state index is 12.2. The highest BCUT2D eigenvalue weighted by molar-refractivity contribution is 6.16. The molecule has 3 rings (SSSR count). The fourth-order valence-electron chi connectivity index (χ4n) is 3.25. The van der Waals surface area contributed by atoms with E-state index in [1.165, 1.54) is 20.5 Å². The second kappa shape index (κ2) is 9.84. The zero-order chi connectivity index (χ0) is 22.4. The molecule has 0 fully saturated rings. The Kier molecular flexibility index (Phi) is 6.97. The van der Waals surface area contributed by atoms with Crippen molar-refractivity contribution in [2.45, 2.75) is 13.5 Å². The zero-order valence-electron chi connectivity index (χ0n) is 18.3. The number of benzene rings is 2. The van der Waals surface area contributed by atoms with Gasteiger partial charge in [0.1, 0.15) is 17.9 Å². The minimum Gasteiger partial charge on any atom is -0.503 e. The van der Waals surface area contributed by atoms with Crippen molar-refractivity contribution in [3.63, 3.8) is 0 Å². The second-order valence-electron chi connectivity index (χ2n) is 6.90. The standard InChI is InChI=1S/C24H26N2O5/c1-16-10-11-22(29-4)19(12-16)21-13-23(26(2)25-21)31-14-17-8-6-7-9-18(17)20(15-28-3)24(27)30-5/h6-13,15H,14H2,1-5H3/b20-15+. The number of rotatable bonds is 8. The molecular weight excluding hydrogens is 396 g/mol. The van der Waals surface area contributed by atoms with Crippen LogP contribution < -0.4 is 9.47 Å². The molecule has 0 amide bonds. The minimum atomic E-state index is -0.483. The Hall–Kier alpha value is -3.74. The summed E-state index contributed by atoms with van der Waals surface area (Å²) in [5, 5.41) is 4.58. The summed E-state index contributed by atoms with van der Waals surface area (Å²) in [7, 11) is 6.27. The fraction of sp³-hybridized carbons (Fsp3) is 0.250. The van der Waals surface area contributed by atoms with Gasteiger partial charge in [0.25, 0.3) is 0 Å². The van der Waals surface area contributed by atoms with Crippen LogP contribution in [-0.2, 0) is 27.9 Å². The first-order valence-electron chi connectivity index (χ1n) is 9.70. The van der Waals surface area contributed by atoms with E-state index in [1.54, 1.807) is 11.8 Å². The predicted molar refractivity (Wildman–Crippen MR) is 118 cm³/mol. The quantitative estimate of drug-likeness (QED) is 0.309. The highest BCUT2D eigenvalue weighted by Gasteiger charge is 2.18. The highest BCUT2D eigenvalue weighted by atomic mass is 16.5. The SMILES string of the molecule is CO/C=C(/C(=O)OC)c1ccccc1COc1cc(-c2cc(C)ccc2OC)nn1C. The number of hydrogen-bond donors (Lipinski definition) is 0. The molecular formula is C24H26N2O5. The molecule has 0 radical (unpaired) electrons. The van der Waals surface area contributed by atoms with Crippen molar-refractivity contribution in [3.8, 4) is 22.9 Å². The van der Waals surface area contributed by atoms with Crippen LogP contribution in [0.25, 0.3) is 16.8 Å². The number of carbonyl (C=O) groups is 1. The molecule has 162 valence electrons. The van der Waals surface area contributed by atoms with Gasteiger partial charge in [-0.05, 0) is 30.2 Å². The van der Waals surface area contributed by atoms with Crippen LogP contribution in [0.4, 0.5) is 0 Å². The van der Waals surface area contributed by atoms with E-state index >= 15 is 0 Å². The van der Waals surface area contributed by atoms with Gasteiger partial charge in [0.2, 0.25) is 5.88 Å². The van der Waals surface area contributed by atoms with E-state index in [0.717, 1.165) is 28.1 Å². The van der Waals surface area contributed by atoms with Crippen molar-refractivity contribution >= 4 is 11.5 Å². The summed E-state index contributed by atoms with van der Waals surface area (Å²) in [6.07, 6.45) is 1.37. The molecule has 0 atom stereocenters. The number of aryl methyl sites for hydroxylation is 2. The molecule has 0 saturated heterocycles. The van der Waals surface area contributed by atoms with Gasteiger partial charge < -0.3 is 18.9 Å². The molecule has 3 aromatic rings. The molecule has 0 unspecified atom stereocenters. The molecule has 0 N–H and O–H groups in total. The van der Waals surface area contributed by atoms with E-state index in [-0.39, 0.29) is 6.61 Å². The second-order valence-corrected chi connectivity index (χ2v) is 6.90. The van der Waals surface area contributed by atoms with Gasteiger partial charge in [0.15, 0.2) is 0 Å². The Morgan fingerprint density at radius 2 is 1.87 bits per heavy atom. The summed E-state index contributed by atoms with van der Waals surface area (Å²) < 4.78 is 23.2. The maximum Gasteiger partial charge on any atom is 0.341 e. The average Bonchev–Trinajstić information content (AvgIpc) is 3.16. The van der Waals surface area contributed by atoms with Crippen molar-refractivity contribution < 1.29 is 23.7 Å². The van der Waals surface area contributed by atoms with Gasteiger partial charge in [-0.2, -0.15) is 5.10 Å². The smallest absolute Gasteiger partial charge is 0.341 e. The number of esters is 1. The van der Waals surface area contributed by atoms with Crippen molar-refractivity contribution in [2.24, 2.45) is 7.05 Å². The van der Waals surface area contributed by atoms with E-state index in [4.69, 9.17) is 18.9 Å². The van der Waals surface area contributed by atoms with Crippen molar-refractivity contribution in [1.82, 2.24) is 9.78 Å². The summed E-state index contributed by atoms with van der Waals surface area (Å²) in [5.74, 6) is 0.848. The third-order valence-corrected chi connectivity index (χ3v) is 4.79. The Bertz CT molecular complexity index is 1100. The largest absolute Gasteiger partial charge is 0.503 e. The van der Waals surface area contributed by atoms with Crippen molar-refractivity contribution in [3.05, 3.63) is 71.5 Å². The first-order valence-corrected chi connectivity index (χ1v) is 9.70. The normalized spacial score (nSPS) is 11.2. The monoisotopic (exact) mass is 422 g/mol. The summed E-state index contributed by atoms with van der Waals surface area (Å²) in [5.41, 5.74) is 4.56. The van der Waals surface area contributed by atoms with E-state index in [1.807, 2.05) is 62.5 Å². The Morgan fingerprint density at radius 3 is 2.58 bits per heavy atom. The van der Waals surface area contributed by atoms with Gasteiger partial charge in [0, 0.05) is 18.7 Å². The average molecular weight is 422 g/mol. The molecule has 0 aliphatic rings. The van der Waals surface area contributed by atoms with Gasteiger partial charge in [-0.25, -0.2) is 9.48 Å². The number of aromatic nitrogens is 2. The van der Waals surface area contributed by atoms with Crippen LogP contribution in [-0.4, -0.2) is 37.1 Å². The van der Waals surface area contributed by atoms with Gasteiger partial charge in [-0.1, -0.05) is 35.9 Å². The molecule has 0 spiro atoms. The molecule has 0 bridgehead atoms. The molecule has 2 aromatic carbocycles. The molecule has 1 heterocycles. The van der Waals surface area contributed by atoms with Crippen LogP contribution in [0.3, 0.4) is 0 Å². The summed E-state index contributed by atoms with van der Waals surface area (Å²) in [4.78, 5) is 12.2. The molecule has 7 heteroatoms. The number of ether oxygens (including phenoxy) is 4. The van der Waals surface area contributed by atoms with Crippen LogP contribution in [0.15, 0.2) is 54.8 Å². The Balaban J connectivity index is 1.88. The highest BCUT2D eigenvalue weighted by Crippen LogP contribution is 2.32. The molecule has 31 heavy (non-hydrogen) atoms. The zero-order valence-corrected chi connectivity index (χ0v) is 18.3. The van der Waals surface area contributed by atoms with Gasteiger partial charge in [0.05, 0.1) is 33.3 Å². The number of carbonyl (C=O) groups excluding carboxylic acids is 1. The van der Waals surface area contributed by atoms with Crippen molar-refractivity contribution in [1.29, 1.82) is 0 Å². The van der Waals surface area contributed by atoms with Gasteiger partial charge in [-0.3, -0.25) is 0 Å². The van der Waals surface area contributed by atoms with E-state index in [9.17, 15) is 4.79 Å². The molecule has 0 aliphatic heterocycles. The maximum absolute atomic E-state index is 12.2. The van der Waals surface area contributed by atoms with Crippen LogP contribution in [0.5, 0.6) is 11.6 Å². The Morgan fingerprint density at radius 1 is 1.10 bits per heavy atom. The van der Waals surface area contributed by atoms with Crippen LogP contribution in [0, 0.1) is 6.92 Å². The van der Waals surface area contributed by atoms with Crippen LogP contribution in [0.1, 0.15) is 16.7 Å². The summed E-state index contributed by atoms with van der Waals surface area (Å²) >= 11 is 0. The predicted octanol–water partition coefficient (Wildman–Crippen LogP) is 4.14. The number of nitrogens with zero attached hydrogens (tertiary/aromatic N) is 2. The number of hydrogen-bond acceptors (Lipinski definition) is 6. The molecule has 0 aliphatic carbocycles. The molecule has 1 aromatic heterocycles. The lowest BCUT2D eigenvalue weighted by atomic mass is 10.0. The first-order chi connectivity index (χ1) is 15.0. The Labute approximate surface area is 181 Å². The lowest BCUT2D eigenvalue weighted by molar-refractivity contribution is -0.133. The van der Waals surface area contributed by atoms with Crippen LogP contribution in [0.2, 0.25) is 0 Å². The number of methoxy groups -OCH3 is 3. The van der Waals surface area contributed by atoms with Crippen LogP contribution >= 0.6 is 0 Å². The van der Waals surface area contributed by atoms with Gasteiger partial charge in [-0.15, -0.1) is 0 Å². The molecule has 7 nitrogen and oxygen atoms in total. The summed E-state index contributed by atoms with van der Waals surface area (Å²) in [6, 6.07) is 15.3. The van der Waals surface area contributed by atoms with E-state index in [0.29, 0.717) is 17.0 Å².